The Balaban J connectivity index is 1.94. The summed E-state index contributed by atoms with van der Waals surface area (Å²) in [5, 5.41) is 2.87. The molecule has 1 N–H and O–H groups in total. The van der Waals surface area contributed by atoms with Gasteiger partial charge in [-0.25, -0.2) is 4.39 Å². The topological polar surface area (TPSA) is 34.0 Å². The van der Waals surface area contributed by atoms with Crippen molar-refractivity contribution in [2.24, 2.45) is 0 Å². The number of aromatic nitrogens is 1. The number of nitrogens with one attached hydrogen (secondary N) is 1. The molecule has 0 saturated heterocycles. The summed E-state index contributed by atoms with van der Waals surface area (Å²) >= 11 is 0. The van der Waals surface area contributed by atoms with Crippen LogP contribution in [0.15, 0.2) is 54.6 Å². The Morgan fingerprint density at radius 3 is 2.38 bits per heavy atom. The van der Waals surface area contributed by atoms with E-state index in [1.165, 1.54) is 12.1 Å². The molecule has 0 atom stereocenters. The van der Waals surface area contributed by atoms with Gasteiger partial charge < -0.3 is 9.88 Å². The largest absolute Gasteiger partial charge is 0.322 e. The second-order valence-corrected chi connectivity index (χ2v) is 5.87. The van der Waals surface area contributed by atoms with Gasteiger partial charge in [-0.1, -0.05) is 18.2 Å². The molecule has 2 aromatic carbocycles. The van der Waals surface area contributed by atoms with Gasteiger partial charge in [0.1, 0.15) is 5.82 Å². The highest BCUT2D eigenvalue weighted by molar-refractivity contribution is 6.05. The first-order chi connectivity index (χ1) is 11.5. The maximum absolute atomic E-state index is 13.2. The summed E-state index contributed by atoms with van der Waals surface area (Å²) in [6, 6.07) is 16.1. The van der Waals surface area contributed by atoms with Crippen molar-refractivity contribution in [3.05, 3.63) is 82.9 Å². The molecule has 0 radical (unpaired) electrons. The van der Waals surface area contributed by atoms with Gasteiger partial charge in [0.05, 0.1) is 5.56 Å². The van der Waals surface area contributed by atoms with Gasteiger partial charge in [-0.15, -0.1) is 0 Å². The van der Waals surface area contributed by atoms with Gasteiger partial charge in [-0.2, -0.15) is 0 Å². The number of benzene rings is 2. The van der Waals surface area contributed by atoms with Crippen molar-refractivity contribution >= 4 is 11.6 Å². The number of nitrogens with zero attached hydrogens (tertiary/aromatic N) is 1. The Bertz CT molecular complexity index is 898. The molecular formula is C20H19FN2O. The fourth-order valence-corrected chi connectivity index (χ4v) is 2.92. The van der Waals surface area contributed by atoms with Gasteiger partial charge in [0.25, 0.3) is 5.91 Å². The minimum atomic E-state index is -0.312. The molecule has 24 heavy (non-hydrogen) atoms. The first-order valence-electron chi connectivity index (χ1n) is 7.79. The number of anilines is 1. The Morgan fingerprint density at radius 2 is 1.71 bits per heavy atom. The Morgan fingerprint density at radius 1 is 1.00 bits per heavy atom. The predicted molar refractivity (Wildman–Crippen MR) is 94.3 cm³/mol. The van der Waals surface area contributed by atoms with E-state index in [1.807, 2.05) is 54.8 Å². The molecule has 3 aromatic rings. The van der Waals surface area contributed by atoms with E-state index in [2.05, 4.69) is 5.32 Å². The quantitative estimate of drug-likeness (QED) is 0.739. The second-order valence-electron chi connectivity index (χ2n) is 5.87. The number of halogens is 1. The van der Waals surface area contributed by atoms with Crippen LogP contribution in [0.4, 0.5) is 10.1 Å². The highest BCUT2D eigenvalue weighted by Gasteiger charge is 2.17. The van der Waals surface area contributed by atoms with Gasteiger partial charge in [0.2, 0.25) is 0 Å². The van der Waals surface area contributed by atoms with Crippen molar-refractivity contribution in [2.75, 3.05) is 5.32 Å². The van der Waals surface area contributed by atoms with Gasteiger partial charge in [0.15, 0.2) is 0 Å². The third kappa shape index (κ3) is 2.95. The van der Waals surface area contributed by atoms with Crippen LogP contribution < -0.4 is 5.32 Å². The van der Waals surface area contributed by atoms with E-state index >= 15 is 0 Å². The molecule has 0 spiro atoms. The van der Waals surface area contributed by atoms with E-state index in [0.717, 1.165) is 17.1 Å². The lowest BCUT2D eigenvalue weighted by Crippen LogP contribution is -2.14. The van der Waals surface area contributed by atoms with E-state index < -0.39 is 0 Å². The average Bonchev–Trinajstić information content (AvgIpc) is 2.85. The minimum Gasteiger partial charge on any atom is -0.322 e. The summed E-state index contributed by atoms with van der Waals surface area (Å²) in [5.41, 5.74) is 4.80. The number of carbonyl (C=O) groups is 1. The second kappa shape index (κ2) is 6.32. The zero-order valence-electron chi connectivity index (χ0n) is 13.9. The van der Waals surface area contributed by atoms with Crippen molar-refractivity contribution in [1.29, 1.82) is 0 Å². The van der Waals surface area contributed by atoms with E-state index in [4.69, 9.17) is 0 Å². The SMILES string of the molecule is Cc1cc(F)ccc1NC(=O)c1cc(C)n(-c2ccccc2)c1C. The number of rotatable bonds is 3. The fraction of sp³-hybridized carbons (Fsp3) is 0.150. The van der Waals surface area contributed by atoms with Crippen LogP contribution in [0.2, 0.25) is 0 Å². The van der Waals surface area contributed by atoms with Crippen LogP contribution in [0.3, 0.4) is 0 Å². The van der Waals surface area contributed by atoms with Crippen LogP contribution >= 0.6 is 0 Å². The number of aryl methyl sites for hydroxylation is 2. The van der Waals surface area contributed by atoms with Crippen LogP contribution in [0, 0.1) is 26.6 Å². The lowest BCUT2D eigenvalue weighted by molar-refractivity contribution is 0.102. The van der Waals surface area contributed by atoms with Crippen LogP contribution in [-0.2, 0) is 0 Å². The molecule has 3 nitrogen and oxygen atoms in total. The lowest BCUT2D eigenvalue weighted by Gasteiger charge is -2.11. The van der Waals surface area contributed by atoms with E-state index in [9.17, 15) is 9.18 Å². The zero-order chi connectivity index (χ0) is 17.3. The average molecular weight is 322 g/mol. The van der Waals surface area contributed by atoms with Crippen LogP contribution in [0.25, 0.3) is 5.69 Å². The Labute approximate surface area is 140 Å². The smallest absolute Gasteiger partial charge is 0.257 e. The summed E-state index contributed by atoms with van der Waals surface area (Å²) < 4.78 is 15.2. The van der Waals surface area contributed by atoms with Gasteiger partial charge in [0, 0.05) is 22.8 Å². The molecule has 1 amide bonds. The number of amides is 1. The van der Waals surface area contributed by atoms with E-state index in [-0.39, 0.29) is 11.7 Å². The molecule has 1 aromatic heterocycles. The van der Waals surface area contributed by atoms with E-state index in [0.29, 0.717) is 16.8 Å². The van der Waals surface area contributed by atoms with Crippen molar-refractivity contribution in [2.45, 2.75) is 20.8 Å². The molecule has 0 aliphatic rings. The molecule has 4 heteroatoms. The Hall–Kier alpha value is -2.88. The maximum atomic E-state index is 13.2. The van der Waals surface area contributed by atoms with Gasteiger partial charge in [-0.3, -0.25) is 4.79 Å². The molecule has 0 unspecified atom stereocenters. The molecule has 0 bridgehead atoms. The number of carbonyl (C=O) groups excluding carboxylic acids is 1. The van der Waals surface area contributed by atoms with Crippen molar-refractivity contribution < 1.29 is 9.18 Å². The van der Waals surface area contributed by atoms with Crippen LogP contribution in [-0.4, -0.2) is 10.5 Å². The predicted octanol–water partition coefficient (Wildman–Crippen LogP) is 4.79. The molecule has 1 heterocycles. The van der Waals surface area contributed by atoms with E-state index in [1.54, 1.807) is 13.0 Å². The maximum Gasteiger partial charge on any atom is 0.257 e. The number of hydrogen-bond acceptors (Lipinski definition) is 1. The summed E-state index contributed by atoms with van der Waals surface area (Å²) in [6.07, 6.45) is 0. The van der Waals surface area contributed by atoms with Gasteiger partial charge in [-0.05, 0) is 62.7 Å². The van der Waals surface area contributed by atoms with Crippen LogP contribution in [0.1, 0.15) is 27.3 Å². The van der Waals surface area contributed by atoms with Crippen molar-refractivity contribution in [1.82, 2.24) is 4.57 Å². The molecule has 0 saturated carbocycles. The number of hydrogen-bond donors (Lipinski definition) is 1. The first kappa shape index (κ1) is 16.0. The fourth-order valence-electron chi connectivity index (χ4n) is 2.92. The highest BCUT2D eigenvalue weighted by Crippen LogP contribution is 2.23. The van der Waals surface area contributed by atoms with Crippen LogP contribution in [0.5, 0.6) is 0 Å². The monoisotopic (exact) mass is 322 g/mol. The third-order valence-corrected chi connectivity index (χ3v) is 4.13. The zero-order valence-corrected chi connectivity index (χ0v) is 13.9. The van der Waals surface area contributed by atoms with Crippen molar-refractivity contribution in [3.63, 3.8) is 0 Å². The highest BCUT2D eigenvalue weighted by atomic mass is 19.1. The normalized spacial score (nSPS) is 10.7. The summed E-state index contributed by atoms with van der Waals surface area (Å²) in [6.45, 7) is 5.66. The summed E-state index contributed by atoms with van der Waals surface area (Å²) in [5.74, 6) is -0.507. The lowest BCUT2D eigenvalue weighted by atomic mass is 10.1. The minimum absolute atomic E-state index is 0.194. The molecular weight excluding hydrogens is 303 g/mol. The van der Waals surface area contributed by atoms with Gasteiger partial charge >= 0.3 is 0 Å². The Kier molecular flexibility index (Phi) is 4.21. The molecule has 122 valence electrons. The first-order valence-corrected chi connectivity index (χ1v) is 7.79. The molecule has 0 aliphatic carbocycles. The number of para-hydroxylation sites is 1. The van der Waals surface area contributed by atoms with Crippen molar-refractivity contribution in [3.8, 4) is 5.69 Å². The summed E-state index contributed by atoms with van der Waals surface area (Å²) in [4.78, 5) is 12.7. The third-order valence-electron chi connectivity index (χ3n) is 4.13. The summed E-state index contributed by atoms with van der Waals surface area (Å²) in [7, 11) is 0. The standard InChI is InChI=1S/C20H19FN2O/c1-13-11-16(21)9-10-19(13)22-20(24)18-12-14(2)23(15(18)3)17-7-5-4-6-8-17/h4-12H,1-3H3,(H,22,24). The molecule has 0 fully saturated rings. The molecule has 3 rings (SSSR count). The molecule has 0 aliphatic heterocycles.